The van der Waals surface area contributed by atoms with Crippen molar-refractivity contribution in [1.29, 1.82) is 0 Å². The molecule has 31 heavy (non-hydrogen) atoms. The third-order valence-corrected chi connectivity index (χ3v) is 5.62. The van der Waals surface area contributed by atoms with E-state index in [1.165, 1.54) is 6.26 Å². The lowest BCUT2D eigenvalue weighted by molar-refractivity contribution is -0.124. The van der Waals surface area contributed by atoms with Gasteiger partial charge in [0, 0.05) is 25.6 Å². The Morgan fingerprint density at radius 3 is 2.39 bits per heavy atom. The Balaban J connectivity index is 1.94. The molecular weight excluding hydrogens is 400 g/mol. The average Bonchev–Trinajstić information content (AvgIpc) is 3.48. The molecule has 0 bridgehead atoms. The highest BCUT2D eigenvalue weighted by Gasteiger charge is 2.41. The lowest BCUT2D eigenvalue weighted by Gasteiger charge is -2.21. The quantitative estimate of drug-likeness (QED) is 0.615. The second-order valence-electron chi connectivity index (χ2n) is 7.50. The zero-order chi connectivity index (χ0) is 22.4. The SMILES string of the molecule is CCCCNC(=O)C1CN(C(=O)c2ccco2)CC1c1cc(OC)c(OC)c(OC)c1. The number of unbranched alkanes of at least 4 members (excludes halogenated alkanes) is 1. The van der Waals surface area contributed by atoms with Crippen LogP contribution in [0.15, 0.2) is 34.9 Å². The molecule has 1 N–H and O–H groups in total. The number of rotatable bonds is 9. The first-order chi connectivity index (χ1) is 15.0. The van der Waals surface area contributed by atoms with Crippen LogP contribution in [0.25, 0.3) is 0 Å². The molecule has 2 amide bonds. The van der Waals surface area contributed by atoms with Gasteiger partial charge in [-0.25, -0.2) is 0 Å². The maximum atomic E-state index is 13.0. The normalized spacial score (nSPS) is 18.0. The molecule has 1 aromatic carbocycles. The molecule has 1 aliphatic rings. The first-order valence-electron chi connectivity index (χ1n) is 10.4. The largest absolute Gasteiger partial charge is 0.493 e. The summed E-state index contributed by atoms with van der Waals surface area (Å²) >= 11 is 0. The van der Waals surface area contributed by atoms with Gasteiger partial charge in [-0.2, -0.15) is 0 Å². The summed E-state index contributed by atoms with van der Waals surface area (Å²) in [6.07, 6.45) is 3.36. The van der Waals surface area contributed by atoms with Gasteiger partial charge in [-0.15, -0.1) is 0 Å². The van der Waals surface area contributed by atoms with Crippen molar-refractivity contribution in [2.75, 3.05) is 41.0 Å². The van der Waals surface area contributed by atoms with Crippen molar-refractivity contribution >= 4 is 11.8 Å². The molecule has 3 rings (SSSR count). The van der Waals surface area contributed by atoms with Crippen LogP contribution in [0.5, 0.6) is 17.2 Å². The third-order valence-electron chi connectivity index (χ3n) is 5.62. The number of methoxy groups -OCH3 is 3. The van der Waals surface area contributed by atoms with Crippen LogP contribution in [-0.4, -0.2) is 57.7 Å². The summed E-state index contributed by atoms with van der Waals surface area (Å²) in [5.41, 5.74) is 0.847. The van der Waals surface area contributed by atoms with E-state index in [9.17, 15) is 9.59 Å². The van der Waals surface area contributed by atoms with E-state index in [0.717, 1.165) is 18.4 Å². The van der Waals surface area contributed by atoms with Crippen LogP contribution in [0, 0.1) is 5.92 Å². The Bertz CT molecular complexity index is 870. The van der Waals surface area contributed by atoms with Gasteiger partial charge in [0.2, 0.25) is 11.7 Å². The molecule has 1 fully saturated rings. The zero-order valence-corrected chi connectivity index (χ0v) is 18.5. The summed E-state index contributed by atoms with van der Waals surface area (Å²) in [4.78, 5) is 27.6. The molecule has 2 unspecified atom stereocenters. The maximum absolute atomic E-state index is 13.0. The third kappa shape index (κ3) is 4.78. The van der Waals surface area contributed by atoms with Gasteiger partial charge >= 0.3 is 0 Å². The summed E-state index contributed by atoms with van der Waals surface area (Å²) in [6.45, 7) is 3.37. The summed E-state index contributed by atoms with van der Waals surface area (Å²) in [5, 5.41) is 3.01. The summed E-state index contributed by atoms with van der Waals surface area (Å²) in [5.74, 6) is 0.839. The van der Waals surface area contributed by atoms with Crippen molar-refractivity contribution in [2.24, 2.45) is 5.92 Å². The smallest absolute Gasteiger partial charge is 0.289 e. The minimum Gasteiger partial charge on any atom is -0.493 e. The van der Waals surface area contributed by atoms with E-state index in [-0.39, 0.29) is 23.5 Å². The van der Waals surface area contributed by atoms with E-state index in [1.54, 1.807) is 38.4 Å². The summed E-state index contributed by atoms with van der Waals surface area (Å²) in [6, 6.07) is 7.00. The van der Waals surface area contributed by atoms with E-state index in [1.807, 2.05) is 12.1 Å². The van der Waals surface area contributed by atoms with Crippen LogP contribution in [0.4, 0.5) is 0 Å². The minimum atomic E-state index is -0.404. The first kappa shape index (κ1) is 22.5. The second kappa shape index (κ2) is 10.2. The Hall–Kier alpha value is -3.16. The number of nitrogens with zero attached hydrogens (tertiary/aromatic N) is 1. The van der Waals surface area contributed by atoms with Crippen LogP contribution in [0.1, 0.15) is 41.8 Å². The fraction of sp³-hybridized carbons (Fsp3) is 0.478. The van der Waals surface area contributed by atoms with Gasteiger partial charge in [0.25, 0.3) is 5.91 Å². The van der Waals surface area contributed by atoms with E-state index in [4.69, 9.17) is 18.6 Å². The van der Waals surface area contributed by atoms with Gasteiger partial charge in [0.15, 0.2) is 17.3 Å². The van der Waals surface area contributed by atoms with Gasteiger partial charge in [0.1, 0.15) is 0 Å². The number of furan rings is 1. The van der Waals surface area contributed by atoms with Gasteiger partial charge in [-0.3, -0.25) is 9.59 Å². The average molecular weight is 431 g/mol. The van der Waals surface area contributed by atoms with Crippen LogP contribution in [0.2, 0.25) is 0 Å². The van der Waals surface area contributed by atoms with Gasteiger partial charge in [0.05, 0.1) is 33.5 Å². The van der Waals surface area contributed by atoms with Crippen molar-refractivity contribution in [3.63, 3.8) is 0 Å². The molecule has 1 aromatic heterocycles. The molecule has 1 saturated heterocycles. The number of amides is 2. The predicted octanol–water partition coefficient (Wildman–Crippen LogP) is 3.08. The number of likely N-dealkylation sites (tertiary alicyclic amines) is 1. The number of hydrogen-bond acceptors (Lipinski definition) is 6. The highest BCUT2D eigenvalue weighted by molar-refractivity contribution is 5.92. The van der Waals surface area contributed by atoms with Gasteiger partial charge < -0.3 is 28.8 Å². The molecule has 0 spiro atoms. The fourth-order valence-electron chi connectivity index (χ4n) is 3.96. The second-order valence-corrected chi connectivity index (χ2v) is 7.50. The highest BCUT2D eigenvalue weighted by Crippen LogP contribution is 2.43. The van der Waals surface area contributed by atoms with E-state index in [2.05, 4.69) is 12.2 Å². The van der Waals surface area contributed by atoms with Crippen molar-refractivity contribution in [3.05, 3.63) is 41.9 Å². The Morgan fingerprint density at radius 1 is 1.13 bits per heavy atom. The first-order valence-corrected chi connectivity index (χ1v) is 10.4. The Morgan fingerprint density at radius 2 is 1.84 bits per heavy atom. The van der Waals surface area contributed by atoms with E-state index < -0.39 is 5.92 Å². The van der Waals surface area contributed by atoms with Crippen molar-refractivity contribution in [2.45, 2.75) is 25.7 Å². The molecular formula is C23H30N2O6. The summed E-state index contributed by atoms with van der Waals surface area (Å²) in [7, 11) is 4.65. The van der Waals surface area contributed by atoms with Crippen molar-refractivity contribution in [3.8, 4) is 17.2 Å². The maximum Gasteiger partial charge on any atom is 0.289 e. The molecule has 8 heteroatoms. The predicted molar refractivity (Wildman–Crippen MR) is 115 cm³/mol. The van der Waals surface area contributed by atoms with E-state index >= 15 is 0 Å². The number of carbonyl (C=O) groups excluding carboxylic acids is 2. The van der Waals surface area contributed by atoms with Crippen LogP contribution in [0.3, 0.4) is 0 Å². The number of nitrogens with one attached hydrogen (secondary N) is 1. The van der Waals surface area contributed by atoms with Crippen LogP contribution >= 0.6 is 0 Å². The number of hydrogen-bond donors (Lipinski definition) is 1. The molecule has 8 nitrogen and oxygen atoms in total. The molecule has 2 heterocycles. The fourth-order valence-corrected chi connectivity index (χ4v) is 3.96. The van der Waals surface area contributed by atoms with Gasteiger partial charge in [-0.05, 0) is 36.2 Å². The van der Waals surface area contributed by atoms with Crippen molar-refractivity contribution < 1.29 is 28.2 Å². The van der Waals surface area contributed by atoms with Gasteiger partial charge in [-0.1, -0.05) is 13.3 Å². The summed E-state index contributed by atoms with van der Waals surface area (Å²) < 4.78 is 21.7. The molecule has 2 aromatic rings. The standard InChI is InChI=1S/C23H30N2O6/c1-5-6-9-24-22(26)17-14-25(23(27)18-8-7-10-31-18)13-16(17)15-11-19(28-2)21(30-4)20(12-15)29-3/h7-8,10-12,16-17H,5-6,9,13-14H2,1-4H3,(H,24,26). The van der Waals surface area contributed by atoms with Crippen LogP contribution in [-0.2, 0) is 4.79 Å². The number of ether oxygens (including phenoxy) is 3. The lowest BCUT2D eigenvalue weighted by atomic mass is 9.88. The highest BCUT2D eigenvalue weighted by atomic mass is 16.5. The molecule has 1 aliphatic heterocycles. The molecule has 2 atom stereocenters. The topological polar surface area (TPSA) is 90.2 Å². The monoisotopic (exact) mass is 430 g/mol. The molecule has 0 aliphatic carbocycles. The number of carbonyl (C=O) groups is 2. The Kier molecular flexibility index (Phi) is 7.44. The lowest BCUT2D eigenvalue weighted by Crippen LogP contribution is -2.36. The zero-order valence-electron chi connectivity index (χ0n) is 18.5. The number of benzene rings is 1. The molecule has 0 radical (unpaired) electrons. The van der Waals surface area contributed by atoms with E-state index in [0.29, 0.717) is 36.9 Å². The molecule has 0 saturated carbocycles. The Labute approximate surface area is 182 Å². The van der Waals surface area contributed by atoms with Crippen LogP contribution < -0.4 is 19.5 Å². The van der Waals surface area contributed by atoms with Crippen molar-refractivity contribution in [1.82, 2.24) is 10.2 Å². The minimum absolute atomic E-state index is 0.0676. The molecule has 168 valence electrons.